The molecule has 0 unspecified atom stereocenters. The maximum atomic E-state index is 13.4. The van der Waals surface area contributed by atoms with Gasteiger partial charge >= 0.3 is 23.7 Å². The Kier molecular flexibility index (Phi) is 3.41. The van der Waals surface area contributed by atoms with Gasteiger partial charge in [0.2, 0.25) is 5.67 Å². The SMILES string of the molecule is CCCC1C(F)(F)C(F)(F)C(C)(F)C(F)(F)C1(F)F. The Morgan fingerprint density at radius 2 is 1.05 bits per heavy atom. The highest BCUT2D eigenvalue weighted by molar-refractivity contribution is 5.21. The van der Waals surface area contributed by atoms with Crippen molar-refractivity contribution in [2.75, 3.05) is 0 Å². The van der Waals surface area contributed by atoms with E-state index in [1.165, 1.54) is 0 Å². The van der Waals surface area contributed by atoms with Crippen LogP contribution < -0.4 is 0 Å². The van der Waals surface area contributed by atoms with Crippen molar-refractivity contribution < 1.29 is 39.5 Å². The predicted octanol–water partition coefficient (Wildman–Crippen LogP) is 4.69. The van der Waals surface area contributed by atoms with Crippen LogP contribution in [-0.2, 0) is 0 Å². The molecule has 0 radical (unpaired) electrons. The first-order valence-corrected chi connectivity index (χ1v) is 5.39. The van der Waals surface area contributed by atoms with Gasteiger partial charge in [0, 0.05) is 0 Å². The topological polar surface area (TPSA) is 0 Å². The van der Waals surface area contributed by atoms with Gasteiger partial charge in [-0.2, -0.15) is 35.1 Å². The summed E-state index contributed by atoms with van der Waals surface area (Å²) < 4.78 is 120. The Morgan fingerprint density at radius 1 is 0.737 bits per heavy atom. The van der Waals surface area contributed by atoms with Crippen molar-refractivity contribution >= 4 is 0 Å². The zero-order valence-corrected chi connectivity index (χ0v) is 9.89. The minimum absolute atomic E-state index is 0.453. The zero-order valence-electron chi connectivity index (χ0n) is 9.89. The van der Waals surface area contributed by atoms with Gasteiger partial charge in [-0.05, 0) is 13.3 Å². The molecule has 1 rings (SSSR count). The summed E-state index contributed by atoms with van der Waals surface area (Å²) in [5.74, 6) is -26.6. The van der Waals surface area contributed by atoms with Crippen LogP contribution in [0.25, 0.3) is 0 Å². The van der Waals surface area contributed by atoms with Gasteiger partial charge in [0.15, 0.2) is 0 Å². The molecule has 1 aliphatic rings. The van der Waals surface area contributed by atoms with Gasteiger partial charge in [-0.25, -0.2) is 4.39 Å². The van der Waals surface area contributed by atoms with Crippen molar-refractivity contribution in [2.45, 2.75) is 56.0 Å². The van der Waals surface area contributed by atoms with E-state index >= 15 is 0 Å². The first-order valence-electron chi connectivity index (χ1n) is 5.39. The van der Waals surface area contributed by atoms with Crippen molar-refractivity contribution in [1.29, 1.82) is 0 Å². The lowest BCUT2D eigenvalue weighted by Crippen LogP contribution is -2.78. The summed E-state index contributed by atoms with van der Waals surface area (Å²) >= 11 is 0. The lowest BCUT2D eigenvalue weighted by molar-refractivity contribution is -0.431. The van der Waals surface area contributed by atoms with Crippen LogP contribution in [0.3, 0.4) is 0 Å². The molecule has 1 fully saturated rings. The molecule has 0 heterocycles. The van der Waals surface area contributed by atoms with Crippen molar-refractivity contribution in [2.24, 2.45) is 5.92 Å². The molecule has 0 amide bonds. The Labute approximate surface area is 103 Å². The third-order valence-corrected chi connectivity index (χ3v) is 3.47. The molecule has 1 saturated carbocycles. The van der Waals surface area contributed by atoms with Crippen molar-refractivity contribution in [3.63, 3.8) is 0 Å². The molecule has 1 aliphatic carbocycles. The molecule has 0 saturated heterocycles. The van der Waals surface area contributed by atoms with E-state index in [1.807, 2.05) is 0 Å². The lowest BCUT2D eigenvalue weighted by atomic mass is 9.68. The van der Waals surface area contributed by atoms with Gasteiger partial charge in [0.05, 0.1) is 5.92 Å². The number of rotatable bonds is 2. The minimum atomic E-state index is -5.90. The van der Waals surface area contributed by atoms with Crippen LogP contribution in [0.5, 0.6) is 0 Å². The fraction of sp³-hybridized carbons (Fsp3) is 1.00. The molecule has 0 aliphatic heterocycles. The molecular weight excluding hydrogens is 291 g/mol. The molecular formula is C10H11F9. The molecule has 0 atom stereocenters. The smallest absolute Gasteiger partial charge is 0.230 e. The highest BCUT2D eigenvalue weighted by Gasteiger charge is 2.91. The predicted molar refractivity (Wildman–Crippen MR) is 47.7 cm³/mol. The number of halogens is 9. The molecule has 0 aromatic heterocycles. The van der Waals surface area contributed by atoms with E-state index < -0.39 is 55.0 Å². The van der Waals surface area contributed by atoms with E-state index in [2.05, 4.69) is 0 Å². The summed E-state index contributed by atoms with van der Waals surface area (Å²) in [6, 6.07) is 0. The zero-order chi connectivity index (χ0) is 15.5. The Hall–Kier alpha value is -0.630. The summed E-state index contributed by atoms with van der Waals surface area (Å²) in [5, 5.41) is 0. The molecule has 19 heavy (non-hydrogen) atoms. The number of alkyl halides is 9. The highest BCUT2D eigenvalue weighted by Crippen LogP contribution is 2.66. The average Bonchev–Trinajstić information content (AvgIpc) is 2.22. The van der Waals surface area contributed by atoms with E-state index in [4.69, 9.17) is 0 Å². The van der Waals surface area contributed by atoms with Crippen LogP contribution in [0, 0.1) is 5.92 Å². The largest absolute Gasteiger partial charge is 0.349 e. The Morgan fingerprint density at radius 3 is 1.32 bits per heavy atom. The van der Waals surface area contributed by atoms with Gasteiger partial charge in [-0.15, -0.1) is 0 Å². The first kappa shape index (κ1) is 16.4. The molecule has 114 valence electrons. The Bertz CT molecular complexity index is 328. The van der Waals surface area contributed by atoms with Crippen LogP contribution in [0.15, 0.2) is 0 Å². The van der Waals surface area contributed by atoms with Crippen LogP contribution in [0.4, 0.5) is 39.5 Å². The Balaban J connectivity index is 3.55. The molecule has 9 heteroatoms. The van der Waals surface area contributed by atoms with Crippen molar-refractivity contribution in [3.05, 3.63) is 0 Å². The fourth-order valence-corrected chi connectivity index (χ4v) is 2.14. The van der Waals surface area contributed by atoms with E-state index in [9.17, 15) is 39.5 Å². The minimum Gasteiger partial charge on any atom is -0.230 e. The van der Waals surface area contributed by atoms with Crippen LogP contribution in [-0.4, -0.2) is 29.4 Å². The monoisotopic (exact) mass is 302 g/mol. The maximum Gasteiger partial charge on any atom is 0.349 e. The molecule has 0 N–H and O–H groups in total. The van der Waals surface area contributed by atoms with Gasteiger partial charge in [-0.3, -0.25) is 0 Å². The van der Waals surface area contributed by atoms with E-state index in [0.29, 0.717) is 0 Å². The average molecular weight is 302 g/mol. The summed E-state index contributed by atoms with van der Waals surface area (Å²) in [6.07, 6.45) is -1.73. The lowest BCUT2D eigenvalue weighted by Gasteiger charge is -2.52. The second kappa shape index (κ2) is 3.94. The fourth-order valence-electron chi connectivity index (χ4n) is 2.14. The third kappa shape index (κ3) is 1.62. The van der Waals surface area contributed by atoms with Gasteiger partial charge in [0.1, 0.15) is 0 Å². The summed E-state index contributed by atoms with van der Waals surface area (Å²) in [5.41, 5.74) is -5.35. The summed E-state index contributed by atoms with van der Waals surface area (Å²) in [7, 11) is 0. The third-order valence-electron chi connectivity index (χ3n) is 3.47. The van der Waals surface area contributed by atoms with Crippen LogP contribution in [0.2, 0.25) is 0 Å². The molecule has 0 spiro atoms. The van der Waals surface area contributed by atoms with Crippen molar-refractivity contribution in [3.8, 4) is 0 Å². The van der Waals surface area contributed by atoms with Crippen LogP contribution >= 0.6 is 0 Å². The molecule has 0 aromatic carbocycles. The second-order valence-electron chi connectivity index (χ2n) is 4.74. The van der Waals surface area contributed by atoms with Crippen LogP contribution in [0.1, 0.15) is 26.7 Å². The first-order chi connectivity index (χ1) is 8.19. The normalized spacial score (nSPS) is 39.0. The van der Waals surface area contributed by atoms with Gasteiger partial charge in [0.25, 0.3) is 0 Å². The van der Waals surface area contributed by atoms with Crippen molar-refractivity contribution in [1.82, 2.24) is 0 Å². The number of hydrogen-bond donors (Lipinski definition) is 0. The highest BCUT2D eigenvalue weighted by atomic mass is 19.3. The summed E-state index contributed by atoms with van der Waals surface area (Å²) in [4.78, 5) is 0. The quantitative estimate of drug-likeness (QED) is 0.649. The second-order valence-corrected chi connectivity index (χ2v) is 4.74. The molecule has 0 bridgehead atoms. The standard InChI is InChI=1S/C10H11F9/c1-3-4-5-7(12,13)9(16,17)6(2,11)10(18,19)8(5,14)15/h5H,3-4H2,1-2H3. The molecule has 0 nitrogen and oxygen atoms in total. The number of hydrogen-bond acceptors (Lipinski definition) is 0. The van der Waals surface area contributed by atoms with E-state index in [-0.39, 0.29) is 0 Å². The maximum absolute atomic E-state index is 13.4. The van der Waals surface area contributed by atoms with E-state index in [1.54, 1.807) is 0 Å². The van der Waals surface area contributed by atoms with E-state index in [0.717, 1.165) is 6.92 Å². The van der Waals surface area contributed by atoms with Gasteiger partial charge in [-0.1, -0.05) is 13.3 Å². The van der Waals surface area contributed by atoms with Gasteiger partial charge < -0.3 is 0 Å². The molecule has 0 aromatic rings. The summed E-state index contributed by atoms with van der Waals surface area (Å²) in [6.45, 7) is 0.461.